The summed E-state index contributed by atoms with van der Waals surface area (Å²) >= 11 is 0. The lowest BCUT2D eigenvalue weighted by atomic mass is 10.2. The number of nitrogens with one attached hydrogen (secondary N) is 1. The van der Waals surface area contributed by atoms with E-state index < -0.39 is 36.8 Å². The third-order valence-electron chi connectivity index (χ3n) is 3.17. The molecule has 1 aliphatic rings. The van der Waals surface area contributed by atoms with Gasteiger partial charge in [-0.1, -0.05) is 0 Å². The Hall–Kier alpha value is -2.07. The molecule has 3 rings (SSSR count). The minimum atomic E-state index is -3.16. The second kappa shape index (κ2) is 4.21. The van der Waals surface area contributed by atoms with E-state index in [1.807, 2.05) is 0 Å². The van der Waals surface area contributed by atoms with E-state index in [0.717, 1.165) is 0 Å². The van der Waals surface area contributed by atoms with Crippen molar-refractivity contribution in [2.45, 2.75) is 24.7 Å². The summed E-state index contributed by atoms with van der Waals surface area (Å²) < 4.78 is 33.5. The molecule has 0 aromatic carbocycles. The lowest BCUT2D eigenvalue weighted by Gasteiger charge is -2.14. The van der Waals surface area contributed by atoms with Gasteiger partial charge in [-0.2, -0.15) is 4.98 Å². The van der Waals surface area contributed by atoms with E-state index in [4.69, 9.17) is 15.6 Å². The third-order valence-corrected chi connectivity index (χ3v) is 3.17. The van der Waals surface area contributed by atoms with Crippen LogP contribution in [0.15, 0.2) is 11.1 Å². The first-order valence-corrected chi connectivity index (χ1v) is 5.79. The predicted octanol–water partition coefficient (Wildman–Crippen LogP) is -0.383. The molecule has 2 aromatic rings. The molecule has 0 aliphatic carbocycles. The molecule has 2 aromatic heterocycles. The van der Waals surface area contributed by atoms with Crippen molar-refractivity contribution in [3.05, 3.63) is 16.7 Å². The van der Waals surface area contributed by atoms with E-state index in [2.05, 4.69) is 15.0 Å². The second-order valence-electron chi connectivity index (χ2n) is 4.50. The van der Waals surface area contributed by atoms with E-state index in [1.165, 1.54) is 10.9 Å². The summed E-state index contributed by atoms with van der Waals surface area (Å²) in [5.74, 6) is -3.31. The Kier molecular flexibility index (Phi) is 2.73. The zero-order valence-electron chi connectivity index (χ0n) is 10.1. The molecule has 20 heavy (non-hydrogen) atoms. The zero-order valence-corrected chi connectivity index (χ0v) is 10.1. The quantitative estimate of drug-likeness (QED) is 0.692. The molecule has 0 bridgehead atoms. The summed E-state index contributed by atoms with van der Waals surface area (Å²) in [5, 5.41) is 8.90. The SMILES string of the molecule is Nc1nc2c(ncn2[C@H]2CC(F)(F)[C@@H](CO)O2)c(=O)[nH]1. The fourth-order valence-electron chi connectivity index (χ4n) is 2.20. The highest BCUT2D eigenvalue weighted by Gasteiger charge is 2.50. The molecule has 3 heterocycles. The molecule has 0 unspecified atom stereocenters. The summed E-state index contributed by atoms with van der Waals surface area (Å²) in [6.45, 7) is -0.799. The Balaban J connectivity index is 2.06. The van der Waals surface area contributed by atoms with Crippen molar-refractivity contribution in [3.8, 4) is 0 Å². The first-order valence-electron chi connectivity index (χ1n) is 5.79. The number of aliphatic hydroxyl groups is 1. The van der Waals surface area contributed by atoms with Gasteiger partial charge in [0.1, 0.15) is 12.3 Å². The number of aromatic amines is 1. The van der Waals surface area contributed by atoms with Crippen LogP contribution >= 0.6 is 0 Å². The van der Waals surface area contributed by atoms with Crippen LogP contribution in [0.4, 0.5) is 14.7 Å². The van der Waals surface area contributed by atoms with E-state index in [0.29, 0.717) is 0 Å². The maximum absolute atomic E-state index is 13.6. The van der Waals surface area contributed by atoms with Gasteiger partial charge in [0.25, 0.3) is 11.5 Å². The number of ether oxygens (including phenoxy) is 1. The molecular weight excluding hydrogens is 276 g/mol. The van der Waals surface area contributed by atoms with Crippen LogP contribution in [0, 0.1) is 0 Å². The number of nitrogen functional groups attached to an aromatic ring is 1. The number of aromatic nitrogens is 4. The van der Waals surface area contributed by atoms with Gasteiger partial charge in [0.05, 0.1) is 19.4 Å². The fraction of sp³-hybridized carbons (Fsp3) is 0.500. The molecule has 8 nitrogen and oxygen atoms in total. The van der Waals surface area contributed by atoms with Gasteiger partial charge in [-0.05, 0) is 0 Å². The monoisotopic (exact) mass is 287 g/mol. The molecule has 0 saturated carbocycles. The Morgan fingerprint density at radius 2 is 2.40 bits per heavy atom. The fourth-order valence-corrected chi connectivity index (χ4v) is 2.20. The van der Waals surface area contributed by atoms with Crippen LogP contribution in [0.5, 0.6) is 0 Å². The number of fused-ring (bicyclic) bond motifs is 1. The highest BCUT2D eigenvalue weighted by atomic mass is 19.3. The number of nitrogens with zero attached hydrogens (tertiary/aromatic N) is 3. The molecule has 0 spiro atoms. The number of H-pyrrole nitrogens is 1. The summed E-state index contributed by atoms with van der Waals surface area (Å²) in [6, 6.07) is 0. The van der Waals surface area contributed by atoms with Crippen molar-refractivity contribution >= 4 is 17.1 Å². The summed E-state index contributed by atoms with van der Waals surface area (Å²) in [6.07, 6.45) is -2.12. The summed E-state index contributed by atoms with van der Waals surface area (Å²) in [4.78, 5) is 21.5. The Labute approximate surface area is 110 Å². The minimum absolute atomic E-state index is 0.0152. The van der Waals surface area contributed by atoms with Crippen LogP contribution in [-0.4, -0.2) is 43.3 Å². The molecule has 4 N–H and O–H groups in total. The van der Waals surface area contributed by atoms with Crippen molar-refractivity contribution in [2.24, 2.45) is 0 Å². The minimum Gasteiger partial charge on any atom is -0.393 e. The van der Waals surface area contributed by atoms with Gasteiger partial charge in [0.15, 0.2) is 11.2 Å². The van der Waals surface area contributed by atoms with Crippen LogP contribution in [0.2, 0.25) is 0 Å². The molecule has 10 heteroatoms. The van der Waals surface area contributed by atoms with Gasteiger partial charge in [-0.3, -0.25) is 14.3 Å². The predicted molar refractivity (Wildman–Crippen MR) is 63.1 cm³/mol. The van der Waals surface area contributed by atoms with E-state index in [-0.39, 0.29) is 17.1 Å². The number of hydrogen-bond donors (Lipinski definition) is 3. The molecule has 1 fully saturated rings. The maximum Gasteiger partial charge on any atom is 0.280 e. The Morgan fingerprint density at radius 3 is 3.05 bits per heavy atom. The van der Waals surface area contributed by atoms with Gasteiger partial charge in [-0.15, -0.1) is 0 Å². The summed E-state index contributed by atoms with van der Waals surface area (Å²) in [5.41, 5.74) is 4.91. The summed E-state index contributed by atoms with van der Waals surface area (Å²) in [7, 11) is 0. The average Bonchev–Trinajstić information content (AvgIpc) is 2.89. The van der Waals surface area contributed by atoms with Crippen molar-refractivity contribution in [3.63, 3.8) is 0 Å². The van der Waals surface area contributed by atoms with Crippen LogP contribution < -0.4 is 11.3 Å². The smallest absolute Gasteiger partial charge is 0.280 e. The molecule has 2 atom stereocenters. The number of aliphatic hydroxyl groups excluding tert-OH is 1. The first kappa shape index (κ1) is 12.9. The number of anilines is 1. The van der Waals surface area contributed by atoms with Gasteiger partial charge >= 0.3 is 0 Å². The van der Waals surface area contributed by atoms with E-state index >= 15 is 0 Å². The number of rotatable bonds is 2. The van der Waals surface area contributed by atoms with Crippen molar-refractivity contribution in [2.75, 3.05) is 12.3 Å². The highest BCUT2D eigenvalue weighted by molar-refractivity contribution is 5.70. The van der Waals surface area contributed by atoms with Gasteiger partial charge in [-0.25, -0.2) is 13.8 Å². The molecule has 0 amide bonds. The molecule has 1 saturated heterocycles. The normalized spacial score (nSPS) is 25.4. The number of alkyl halides is 2. The van der Waals surface area contributed by atoms with E-state index in [9.17, 15) is 13.6 Å². The van der Waals surface area contributed by atoms with Crippen LogP contribution in [-0.2, 0) is 4.74 Å². The van der Waals surface area contributed by atoms with Gasteiger partial charge in [0.2, 0.25) is 5.95 Å². The number of halogens is 2. The largest absolute Gasteiger partial charge is 0.393 e. The lowest BCUT2D eigenvalue weighted by molar-refractivity contribution is -0.101. The van der Waals surface area contributed by atoms with Crippen molar-refractivity contribution in [1.29, 1.82) is 0 Å². The topological polar surface area (TPSA) is 119 Å². The van der Waals surface area contributed by atoms with Crippen LogP contribution in [0.1, 0.15) is 12.6 Å². The Morgan fingerprint density at radius 1 is 1.65 bits per heavy atom. The third kappa shape index (κ3) is 1.84. The van der Waals surface area contributed by atoms with Gasteiger partial charge < -0.3 is 15.6 Å². The van der Waals surface area contributed by atoms with Crippen LogP contribution in [0.3, 0.4) is 0 Å². The standard InChI is InChI=1S/C10H11F2N5O3/c11-10(12)1-5(20-4(10)2-18)17-3-14-6-7(17)15-9(13)16-8(6)19/h3-5,18H,1-2H2,(H3,13,15,16,19)/t4-,5-/m1/s1. The average molecular weight is 287 g/mol. The van der Waals surface area contributed by atoms with E-state index in [1.54, 1.807) is 0 Å². The zero-order chi connectivity index (χ0) is 14.5. The van der Waals surface area contributed by atoms with Crippen molar-refractivity contribution in [1.82, 2.24) is 19.5 Å². The molecule has 1 aliphatic heterocycles. The molecule has 108 valence electrons. The maximum atomic E-state index is 13.6. The number of imidazole rings is 1. The molecule has 0 radical (unpaired) electrons. The lowest BCUT2D eigenvalue weighted by Crippen LogP contribution is -2.31. The Bertz CT molecular complexity index is 712. The second-order valence-corrected chi connectivity index (χ2v) is 4.50. The van der Waals surface area contributed by atoms with Gasteiger partial charge in [0, 0.05) is 0 Å². The van der Waals surface area contributed by atoms with Crippen molar-refractivity contribution < 1.29 is 18.6 Å². The molecular formula is C10H11F2N5O3. The van der Waals surface area contributed by atoms with Crippen LogP contribution in [0.25, 0.3) is 11.2 Å². The number of nitrogens with two attached hydrogens (primary N) is 1. The first-order chi connectivity index (χ1) is 9.42. The number of hydrogen-bond acceptors (Lipinski definition) is 6. The highest BCUT2D eigenvalue weighted by Crippen LogP contribution is 2.41.